The number of hydrogen-bond donors (Lipinski definition) is 2. The van der Waals surface area contributed by atoms with Crippen molar-refractivity contribution in [3.05, 3.63) is 46.2 Å². The molecule has 2 aromatic rings. The van der Waals surface area contributed by atoms with Crippen molar-refractivity contribution < 1.29 is 4.79 Å². The largest absolute Gasteiger partial charge is 0.397 e. The highest BCUT2D eigenvalue weighted by molar-refractivity contribution is 9.10. The van der Waals surface area contributed by atoms with E-state index < -0.39 is 0 Å². The number of nitrogen functional groups attached to an aromatic ring is 1. The van der Waals surface area contributed by atoms with Gasteiger partial charge in [-0.05, 0) is 49.1 Å². The number of aryl methyl sites for hydroxylation is 1. The zero-order chi connectivity index (χ0) is 15.0. The minimum absolute atomic E-state index is 0.101. The third kappa shape index (κ3) is 2.97. The standard InChI is InChI=1S/C16H18BrN3O/c1-2-10-7-11(17)3-6-14(10)19-16(21)15-8-12(18)9-20(15)13-4-5-13/h3,6-9,13H,2,4-5,18H2,1H3,(H,19,21). The summed E-state index contributed by atoms with van der Waals surface area (Å²) in [6.07, 6.45) is 4.95. The number of anilines is 2. The van der Waals surface area contributed by atoms with Crippen LogP contribution in [0.1, 0.15) is 41.9 Å². The first-order valence-corrected chi connectivity index (χ1v) is 7.95. The summed E-state index contributed by atoms with van der Waals surface area (Å²) in [5.41, 5.74) is 9.08. The van der Waals surface area contributed by atoms with E-state index in [1.165, 1.54) is 0 Å². The fourth-order valence-corrected chi connectivity index (χ4v) is 2.91. The van der Waals surface area contributed by atoms with Crippen LogP contribution in [0.5, 0.6) is 0 Å². The molecule has 1 aromatic heterocycles. The van der Waals surface area contributed by atoms with Crippen molar-refractivity contribution in [1.82, 2.24) is 4.57 Å². The Morgan fingerprint density at radius 3 is 2.86 bits per heavy atom. The Hall–Kier alpha value is -1.75. The maximum absolute atomic E-state index is 12.5. The molecule has 1 amide bonds. The van der Waals surface area contributed by atoms with Crippen molar-refractivity contribution in [3.63, 3.8) is 0 Å². The summed E-state index contributed by atoms with van der Waals surface area (Å²) >= 11 is 3.46. The summed E-state index contributed by atoms with van der Waals surface area (Å²) in [5.74, 6) is -0.101. The zero-order valence-electron chi connectivity index (χ0n) is 11.9. The molecule has 0 spiro atoms. The predicted molar refractivity (Wildman–Crippen MR) is 88.6 cm³/mol. The average Bonchev–Trinajstić information content (AvgIpc) is 3.23. The third-order valence-corrected chi connectivity index (χ3v) is 4.23. The molecule has 110 valence electrons. The van der Waals surface area contributed by atoms with E-state index in [4.69, 9.17) is 5.73 Å². The van der Waals surface area contributed by atoms with E-state index in [-0.39, 0.29) is 5.91 Å². The summed E-state index contributed by atoms with van der Waals surface area (Å²) in [4.78, 5) is 12.5. The van der Waals surface area contributed by atoms with Gasteiger partial charge in [-0.2, -0.15) is 0 Å². The number of nitrogens with zero attached hydrogens (tertiary/aromatic N) is 1. The van der Waals surface area contributed by atoms with E-state index in [1.807, 2.05) is 29.0 Å². The summed E-state index contributed by atoms with van der Waals surface area (Å²) in [6.45, 7) is 2.07. The highest BCUT2D eigenvalue weighted by Crippen LogP contribution is 2.37. The van der Waals surface area contributed by atoms with Gasteiger partial charge in [-0.1, -0.05) is 22.9 Å². The number of hydrogen-bond acceptors (Lipinski definition) is 2. The van der Waals surface area contributed by atoms with Crippen LogP contribution >= 0.6 is 15.9 Å². The smallest absolute Gasteiger partial charge is 0.272 e. The van der Waals surface area contributed by atoms with Crippen molar-refractivity contribution in [1.29, 1.82) is 0 Å². The minimum Gasteiger partial charge on any atom is -0.397 e. The van der Waals surface area contributed by atoms with Crippen LogP contribution < -0.4 is 11.1 Å². The lowest BCUT2D eigenvalue weighted by Gasteiger charge is -2.12. The van der Waals surface area contributed by atoms with Crippen molar-refractivity contribution in [3.8, 4) is 0 Å². The fraction of sp³-hybridized carbons (Fsp3) is 0.312. The van der Waals surface area contributed by atoms with Crippen LogP contribution in [0.3, 0.4) is 0 Å². The highest BCUT2D eigenvalue weighted by Gasteiger charge is 2.27. The number of carbonyl (C=O) groups excluding carboxylic acids is 1. The normalized spacial score (nSPS) is 14.2. The van der Waals surface area contributed by atoms with Gasteiger partial charge in [0.25, 0.3) is 5.91 Å². The van der Waals surface area contributed by atoms with Crippen molar-refractivity contribution in [2.75, 3.05) is 11.1 Å². The molecule has 0 bridgehead atoms. The van der Waals surface area contributed by atoms with Gasteiger partial charge in [-0.25, -0.2) is 0 Å². The van der Waals surface area contributed by atoms with E-state index in [0.29, 0.717) is 17.4 Å². The number of nitrogens with one attached hydrogen (secondary N) is 1. The van der Waals surface area contributed by atoms with Crippen LogP contribution in [0.2, 0.25) is 0 Å². The van der Waals surface area contributed by atoms with Gasteiger partial charge in [0.05, 0.1) is 5.69 Å². The van der Waals surface area contributed by atoms with Gasteiger partial charge in [-0.15, -0.1) is 0 Å². The van der Waals surface area contributed by atoms with E-state index >= 15 is 0 Å². The number of aromatic nitrogens is 1. The Morgan fingerprint density at radius 2 is 2.19 bits per heavy atom. The highest BCUT2D eigenvalue weighted by atomic mass is 79.9. The molecule has 1 saturated carbocycles. The molecule has 21 heavy (non-hydrogen) atoms. The Labute approximate surface area is 132 Å². The molecular formula is C16H18BrN3O. The fourth-order valence-electron chi connectivity index (χ4n) is 2.50. The van der Waals surface area contributed by atoms with Gasteiger partial charge in [0, 0.05) is 22.4 Å². The van der Waals surface area contributed by atoms with Crippen LogP contribution in [-0.2, 0) is 6.42 Å². The molecule has 4 nitrogen and oxygen atoms in total. The Bertz CT molecular complexity index is 689. The summed E-state index contributed by atoms with van der Waals surface area (Å²) in [7, 11) is 0. The first-order valence-electron chi connectivity index (χ1n) is 7.15. The van der Waals surface area contributed by atoms with Gasteiger partial charge in [0.1, 0.15) is 5.69 Å². The molecule has 0 atom stereocenters. The summed E-state index contributed by atoms with van der Waals surface area (Å²) in [5, 5.41) is 3.01. The van der Waals surface area contributed by atoms with Crippen LogP contribution in [0.25, 0.3) is 0 Å². The lowest BCUT2D eigenvalue weighted by Crippen LogP contribution is -2.17. The molecule has 1 aliphatic rings. The lowest BCUT2D eigenvalue weighted by atomic mass is 10.1. The van der Waals surface area contributed by atoms with Gasteiger partial charge in [-0.3, -0.25) is 4.79 Å². The van der Waals surface area contributed by atoms with E-state index in [2.05, 4.69) is 28.2 Å². The van der Waals surface area contributed by atoms with E-state index in [9.17, 15) is 4.79 Å². The Kier molecular flexibility index (Phi) is 3.76. The van der Waals surface area contributed by atoms with Crippen LogP contribution in [-0.4, -0.2) is 10.5 Å². The predicted octanol–water partition coefficient (Wildman–Crippen LogP) is 3.98. The summed E-state index contributed by atoms with van der Waals surface area (Å²) in [6, 6.07) is 8.07. The van der Waals surface area contributed by atoms with Gasteiger partial charge in [0.15, 0.2) is 0 Å². The molecule has 5 heteroatoms. The van der Waals surface area contributed by atoms with Crippen molar-refractivity contribution in [2.45, 2.75) is 32.2 Å². The second kappa shape index (κ2) is 5.56. The number of amides is 1. The van der Waals surface area contributed by atoms with Gasteiger partial charge in [0.2, 0.25) is 0 Å². The van der Waals surface area contributed by atoms with Crippen LogP contribution in [0, 0.1) is 0 Å². The topological polar surface area (TPSA) is 60.1 Å². The Morgan fingerprint density at radius 1 is 1.43 bits per heavy atom. The van der Waals surface area contributed by atoms with Crippen molar-refractivity contribution in [2.24, 2.45) is 0 Å². The molecule has 1 fully saturated rings. The molecule has 3 rings (SSSR count). The quantitative estimate of drug-likeness (QED) is 0.878. The first kappa shape index (κ1) is 14.2. The second-order valence-electron chi connectivity index (χ2n) is 5.41. The minimum atomic E-state index is -0.101. The number of rotatable bonds is 4. The molecular weight excluding hydrogens is 330 g/mol. The second-order valence-corrected chi connectivity index (χ2v) is 6.32. The zero-order valence-corrected chi connectivity index (χ0v) is 13.5. The van der Waals surface area contributed by atoms with Crippen molar-refractivity contribution >= 4 is 33.2 Å². The maximum atomic E-state index is 12.5. The molecule has 0 radical (unpaired) electrons. The number of carbonyl (C=O) groups is 1. The molecule has 0 unspecified atom stereocenters. The molecule has 3 N–H and O–H groups in total. The molecule has 0 aliphatic heterocycles. The van der Waals surface area contributed by atoms with Gasteiger partial charge < -0.3 is 15.6 Å². The molecule has 0 saturated heterocycles. The van der Waals surface area contributed by atoms with Crippen LogP contribution in [0.15, 0.2) is 34.9 Å². The first-order chi connectivity index (χ1) is 10.1. The number of halogens is 1. The number of benzene rings is 1. The maximum Gasteiger partial charge on any atom is 0.272 e. The molecule has 1 heterocycles. The summed E-state index contributed by atoms with van der Waals surface area (Å²) < 4.78 is 3.01. The van der Waals surface area contributed by atoms with Crippen LogP contribution in [0.4, 0.5) is 11.4 Å². The van der Waals surface area contributed by atoms with Gasteiger partial charge >= 0.3 is 0 Å². The number of nitrogens with two attached hydrogens (primary N) is 1. The van der Waals surface area contributed by atoms with E-state index in [1.54, 1.807) is 6.07 Å². The average molecular weight is 348 g/mol. The third-order valence-electron chi connectivity index (χ3n) is 3.74. The molecule has 1 aliphatic carbocycles. The van der Waals surface area contributed by atoms with E-state index in [0.717, 1.165) is 35.0 Å². The molecule has 1 aromatic carbocycles. The lowest BCUT2D eigenvalue weighted by molar-refractivity contribution is 0.101. The Balaban J connectivity index is 1.87. The monoisotopic (exact) mass is 347 g/mol. The SMILES string of the molecule is CCc1cc(Br)ccc1NC(=O)c1cc(N)cn1C1CC1.